The molecule has 0 N–H and O–H groups in total. The topological polar surface area (TPSA) is 26.3 Å². The summed E-state index contributed by atoms with van der Waals surface area (Å²) in [6.45, 7) is 0. The van der Waals surface area contributed by atoms with Crippen molar-refractivity contribution in [1.82, 2.24) is 0 Å². The second-order valence-electron chi connectivity index (χ2n) is 5.61. The molecular formula is C21H13ClO2. The highest BCUT2D eigenvalue weighted by molar-refractivity contribution is 6.67. The maximum atomic E-state index is 11.2. The molecule has 0 bridgehead atoms. The number of carbonyl (C=O) groups is 1. The first-order valence-electron chi connectivity index (χ1n) is 7.59. The molecule has 0 spiro atoms. The van der Waals surface area contributed by atoms with Crippen LogP contribution >= 0.6 is 11.6 Å². The van der Waals surface area contributed by atoms with Gasteiger partial charge >= 0.3 is 0 Å². The molecule has 24 heavy (non-hydrogen) atoms. The van der Waals surface area contributed by atoms with Crippen LogP contribution in [0.5, 0.6) is 11.5 Å². The zero-order chi connectivity index (χ0) is 16.5. The van der Waals surface area contributed by atoms with E-state index in [4.69, 9.17) is 16.3 Å². The third kappa shape index (κ3) is 2.84. The quantitative estimate of drug-likeness (QED) is 0.420. The fourth-order valence-electron chi connectivity index (χ4n) is 2.78. The van der Waals surface area contributed by atoms with Gasteiger partial charge in [-0.3, -0.25) is 4.79 Å². The Morgan fingerprint density at radius 3 is 1.92 bits per heavy atom. The van der Waals surface area contributed by atoms with Crippen molar-refractivity contribution in [1.29, 1.82) is 0 Å². The molecule has 0 fully saturated rings. The Balaban J connectivity index is 1.68. The minimum absolute atomic E-state index is 0.451. The first-order chi connectivity index (χ1) is 11.7. The van der Waals surface area contributed by atoms with E-state index in [-0.39, 0.29) is 0 Å². The summed E-state index contributed by atoms with van der Waals surface area (Å²) in [5.74, 6) is 1.54. The molecule has 4 aromatic rings. The molecule has 0 aliphatic rings. The lowest BCUT2D eigenvalue weighted by molar-refractivity contribution is 0.108. The Kier molecular flexibility index (Phi) is 3.68. The molecule has 3 heteroatoms. The molecular weight excluding hydrogens is 320 g/mol. The van der Waals surface area contributed by atoms with Crippen LogP contribution in [0, 0.1) is 0 Å². The monoisotopic (exact) mass is 332 g/mol. The first-order valence-corrected chi connectivity index (χ1v) is 7.97. The Hall–Kier alpha value is -2.84. The molecule has 0 atom stereocenters. The zero-order valence-corrected chi connectivity index (χ0v) is 13.5. The van der Waals surface area contributed by atoms with Crippen LogP contribution in [0.2, 0.25) is 0 Å². The van der Waals surface area contributed by atoms with E-state index in [1.807, 2.05) is 54.6 Å². The molecule has 0 radical (unpaired) electrons. The number of halogens is 1. The minimum atomic E-state index is -0.451. The third-order valence-electron chi connectivity index (χ3n) is 4.00. The van der Waals surface area contributed by atoms with Gasteiger partial charge in [0, 0.05) is 5.56 Å². The SMILES string of the molecule is O=C(Cl)c1ccc2cc(Oc3ccc4ccccc4c3)ccc2c1. The third-order valence-corrected chi connectivity index (χ3v) is 4.21. The number of ether oxygens (including phenoxy) is 1. The number of fused-ring (bicyclic) bond motifs is 2. The lowest BCUT2D eigenvalue weighted by atomic mass is 10.1. The van der Waals surface area contributed by atoms with Crippen LogP contribution in [0.25, 0.3) is 21.5 Å². The van der Waals surface area contributed by atoms with Crippen molar-refractivity contribution < 1.29 is 9.53 Å². The van der Waals surface area contributed by atoms with Gasteiger partial charge in [0.25, 0.3) is 5.24 Å². The van der Waals surface area contributed by atoms with E-state index in [1.54, 1.807) is 12.1 Å². The Bertz CT molecular complexity index is 1070. The molecule has 0 saturated heterocycles. The zero-order valence-electron chi connectivity index (χ0n) is 12.7. The van der Waals surface area contributed by atoms with E-state index in [9.17, 15) is 4.79 Å². The number of carbonyl (C=O) groups excluding carboxylic acids is 1. The predicted molar refractivity (Wildman–Crippen MR) is 98.2 cm³/mol. The Labute approximate surface area is 144 Å². The number of hydrogen-bond donors (Lipinski definition) is 0. The summed E-state index contributed by atoms with van der Waals surface area (Å²) >= 11 is 5.53. The van der Waals surface area contributed by atoms with Crippen LogP contribution < -0.4 is 4.74 Å². The average Bonchev–Trinajstić information content (AvgIpc) is 2.61. The molecule has 0 unspecified atom stereocenters. The lowest BCUT2D eigenvalue weighted by Gasteiger charge is -2.08. The molecule has 0 aliphatic heterocycles. The van der Waals surface area contributed by atoms with Gasteiger partial charge < -0.3 is 4.74 Å². The smallest absolute Gasteiger partial charge is 0.252 e. The standard InChI is InChI=1S/C21H13ClO2/c22-21(23)18-6-5-17-13-20(10-8-16(17)11-18)24-19-9-7-14-3-1-2-4-15(14)12-19/h1-13H. The van der Waals surface area contributed by atoms with E-state index in [0.29, 0.717) is 5.56 Å². The van der Waals surface area contributed by atoms with E-state index in [0.717, 1.165) is 27.7 Å². The van der Waals surface area contributed by atoms with Gasteiger partial charge in [0.2, 0.25) is 0 Å². The van der Waals surface area contributed by atoms with Crippen LogP contribution in [0.3, 0.4) is 0 Å². The van der Waals surface area contributed by atoms with Crippen LogP contribution in [0.15, 0.2) is 78.9 Å². The molecule has 4 aromatic carbocycles. The van der Waals surface area contributed by atoms with Gasteiger partial charge in [-0.1, -0.05) is 42.5 Å². The molecule has 0 aliphatic carbocycles. The average molecular weight is 333 g/mol. The second-order valence-corrected chi connectivity index (χ2v) is 5.95. The molecule has 0 heterocycles. The summed E-state index contributed by atoms with van der Waals surface area (Å²) in [5.41, 5.74) is 0.493. The van der Waals surface area contributed by atoms with E-state index >= 15 is 0 Å². The second kappa shape index (κ2) is 5.99. The highest BCUT2D eigenvalue weighted by Gasteiger charge is 2.05. The summed E-state index contributed by atoms with van der Waals surface area (Å²) < 4.78 is 5.98. The van der Waals surface area contributed by atoms with Crippen LogP contribution in [-0.2, 0) is 0 Å². The summed E-state index contributed by atoms with van der Waals surface area (Å²) in [6, 6.07) is 25.3. The highest BCUT2D eigenvalue weighted by atomic mass is 35.5. The maximum Gasteiger partial charge on any atom is 0.252 e. The van der Waals surface area contributed by atoms with Gasteiger partial charge in [0.1, 0.15) is 11.5 Å². The van der Waals surface area contributed by atoms with Crippen molar-refractivity contribution in [3.63, 3.8) is 0 Å². The van der Waals surface area contributed by atoms with E-state index in [2.05, 4.69) is 12.1 Å². The number of benzene rings is 4. The molecule has 2 nitrogen and oxygen atoms in total. The van der Waals surface area contributed by atoms with Crippen LogP contribution in [0.4, 0.5) is 0 Å². The Morgan fingerprint density at radius 2 is 1.21 bits per heavy atom. The molecule has 0 amide bonds. The minimum Gasteiger partial charge on any atom is -0.457 e. The van der Waals surface area contributed by atoms with Crippen LogP contribution in [0.1, 0.15) is 10.4 Å². The number of rotatable bonds is 3. The van der Waals surface area contributed by atoms with Gasteiger partial charge in [-0.15, -0.1) is 0 Å². The van der Waals surface area contributed by atoms with Crippen molar-refractivity contribution in [3.8, 4) is 11.5 Å². The van der Waals surface area contributed by atoms with E-state index in [1.165, 1.54) is 5.39 Å². The summed E-state index contributed by atoms with van der Waals surface area (Å²) in [4.78, 5) is 11.2. The largest absolute Gasteiger partial charge is 0.457 e. The van der Waals surface area contributed by atoms with E-state index < -0.39 is 5.24 Å². The fraction of sp³-hybridized carbons (Fsp3) is 0. The summed E-state index contributed by atoms with van der Waals surface area (Å²) in [5, 5.41) is 3.82. The summed E-state index contributed by atoms with van der Waals surface area (Å²) in [7, 11) is 0. The molecule has 116 valence electrons. The van der Waals surface area contributed by atoms with Gasteiger partial charge in [-0.05, 0) is 69.5 Å². The predicted octanol–water partition coefficient (Wildman–Crippen LogP) is 6.16. The fourth-order valence-corrected chi connectivity index (χ4v) is 2.89. The number of hydrogen-bond acceptors (Lipinski definition) is 2. The van der Waals surface area contributed by atoms with Gasteiger partial charge in [-0.25, -0.2) is 0 Å². The normalized spacial score (nSPS) is 10.9. The molecule has 0 saturated carbocycles. The highest BCUT2D eigenvalue weighted by Crippen LogP contribution is 2.28. The van der Waals surface area contributed by atoms with Crippen molar-refractivity contribution in [2.45, 2.75) is 0 Å². The van der Waals surface area contributed by atoms with Gasteiger partial charge in [0.15, 0.2) is 0 Å². The first kappa shape index (κ1) is 14.7. The molecule has 4 rings (SSSR count). The van der Waals surface area contributed by atoms with Crippen LogP contribution in [-0.4, -0.2) is 5.24 Å². The van der Waals surface area contributed by atoms with Gasteiger partial charge in [0.05, 0.1) is 0 Å². The Morgan fingerprint density at radius 1 is 0.667 bits per heavy atom. The maximum absolute atomic E-state index is 11.2. The lowest BCUT2D eigenvalue weighted by Crippen LogP contribution is -1.89. The van der Waals surface area contributed by atoms with Crippen molar-refractivity contribution in [3.05, 3.63) is 84.4 Å². The van der Waals surface area contributed by atoms with Crippen molar-refractivity contribution in [2.24, 2.45) is 0 Å². The molecule has 0 aromatic heterocycles. The van der Waals surface area contributed by atoms with Gasteiger partial charge in [-0.2, -0.15) is 0 Å². The van der Waals surface area contributed by atoms with Crippen molar-refractivity contribution >= 4 is 38.4 Å². The summed E-state index contributed by atoms with van der Waals surface area (Å²) in [6.07, 6.45) is 0. The van der Waals surface area contributed by atoms with Crippen molar-refractivity contribution in [2.75, 3.05) is 0 Å².